The molecular formula is C21H26ClN3O2. The summed E-state index contributed by atoms with van der Waals surface area (Å²) in [4.78, 5) is 18.5. The van der Waals surface area contributed by atoms with Gasteiger partial charge in [0.1, 0.15) is 12.4 Å². The number of hydrogen-bond acceptors (Lipinski definition) is 4. The van der Waals surface area contributed by atoms with E-state index in [1.165, 1.54) is 0 Å². The highest BCUT2D eigenvalue weighted by atomic mass is 35.5. The monoisotopic (exact) mass is 387 g/mol. The van der Waals surface area contributed by atoms with Crippen LogP contribution in [0.3, 0.4) is 0 Å². The van der Waals surface area contributed by atoms with Gasteiger partial charge in [-0.2, -0.15) is 0 Å². The first-order valence-corrected chi connectivity index (χ1v) is 9.51. The third-order valence-corrected chi connectivity index (χ3v) is 4.95. The van der Waals surface area contributed by atoms with Gasteiger partial charge in [-0.15, -0.1) is 0 Å². The molecule has 1 aliphatic heterocycles. The summed E-state index contributed by atoms with van der Waals surface area (Å²) >= 11 is 6.45. The molecule has 27 heavy (non-hydrogen) atoms. The summed E-state index contributed by atoms with van der Waals surface area (Å²) < 4.78 is 5.88. The molecule has 1 aromatic carbocycles. The zero-order chi connectivity index (χ0) is 19.8. The number of amides is 1. The van der Waals surface area contributed by atoms with E-state index in [0.29, 0.717) is 35.4 Å². The van der Waals surface area contributed by atoms with Crippen LogP contribution in [-0.2, 0) is 6.54 Å². The molecule has 0 spiro atoms. The highest BCUT2D eigenvalue weighted by Gasteiger charge is 2.29. The van der Waals surface area contributed by atoms with Crippen molar-refractivity contribution >= 4 is 17.5 Å². The average Bonchev–Trinajstić information content (AvgIpc) is 2.87. The molecule has 3 rings (SSSR count). The zero-order valence-corrected chi connectivity index (χ0v) is 17.0. The van der Waals surface area contributed by atoms with E-state index in [-0.39, 0.29) is 5.91 Å². The number of rotatable bonds is 6. The van der Waals surface area contributed by atoms with Crippen LogP contribution in [0.5, 0.6) is 5.75 Å². The summed E-state index contributed by atoms with van der Waals surface area (Å²) in [7, 11) is 1.78. The van der Waals surface area contributed by atoms with Gasteiger partial charge in [-0.05, 0) is 48.6 Å². The second-order valence-corrected chi connectivity index (χ2v) is 8.43. The van der Waals surface area contributed by atoms with Gasteiger partial charge in [0.25, 0.3) is 5.91 Å². The first-order chi connectivity index (χ1) is 12.7. The van der Waals surface area contributed by atoms with Gasteiger partial charge in [0, 0.05) is 18.8 Å². The van der Waals surface area contributed by atoms with Crippen LogP contribution in [0.4, 0.5) is 0 Å². The largest absolute Gasteiger partial charge is 0.490 e. The first-order valence-electron chi connectivity index (χ1n) is 9.13. The van der Waals surface area contributed by atoms with Gasteiger partial charge in [0.15, 0.2) is 0 Å². The third-order valence-electron chi connectivity index (χ3n) is 4.65. The van der Waals surface area contributed by atoms with Crippen LogP contribution in [0.25, 0.3) is 11.1 Å². The molecule has 2 heterocycles. The molecule has 0 radical (unpaired) electrons. The van der Waals surface area contributed by atoms with Crippen LogP contribution in [0, 0.1) is 5.92 Å². The van der Waals surface area contributed by atoms with Gasteiger partial charge in [-0.25, -0.2) is 0 Å². The van der Waals surface area contributed by atoms with E-state index < -0.39 is 5.54 Å². The molecule has 0 bridgehead atoms. The Morgan fingerprint density at radius 2 is 2.11 bits per heavy atom. The Hall–Kier alpha value is -2.11. The fourth-order valence-corrected chi connectivity index (χ4v) is 3.85. The van der Waals surface area contributed by atoms with E-state index in [2.05, 4.69) is 18.8 Å². The number of ether oxygens (including phenoxy) is 1. The van der Waals surface area contributed by atoms with Crippen molar-refractivity contribution in [1.82, 2.24) is 9.88 Å². The maximum atomic E-state index is 12.5. The van der Waals surface area contributed by atoms with Crippen molar-refractivity contribution in [3.05, 3.63) is 46.7 Å². The van der Waals surface area contributed by atoms with Gasteiger partial charge in [-0.1, -0.05) is 31.5 Å². The summed E-state index contributed by atoms with van der Waals surface area (Å²) in [6, 6.07) is 7.42. The van der Waals surface area contributed by atoms with E-state index in [4.69, 9.17) is 22.1 Å². The molecule has 1 amide bonds. The molecule has 1 unspecified atom stereocenters. The van der Waals surface area contributed by atoms with Crippen LogP contribution in [-0.4, -0.2) is 35.0 Å². The predicted molar refractivity (Wildman–Crippen MR) is 108 cm³/mol. The van der Waals surface area contributed by atoms with E-state index in [9.17, 15) is 4.79 Å². The molecule has 144 valence electrons. The lowest BCUT2D eigenvalue weighted by Gasteiger charge is -2.27. The van der Waals surface area contributed by atoms with Crippen LogP contribution >= 0.6 is 11.6 Å². The fourth-order valence-electron chi connectivity index (χ4n) is 3.61. The topological polar surface area (TPSA) is 68.5 Å². The number of carbonyl (C=O) groups excluding carboxylic acids is 1. The van der Waals surface area contributed by atoms with E-state index >= 15 is 0 Å². The van der Waals surface area contributed by atoms with Gasteiger partial charge >= 0.3 is 0 Å². The van der Waals surface area contributed by atoms with Crippen molar-refractivity contribution in [1.29, 1.82) is 0 Å². The van der Waals surface area contributed by atoms with E-state index in [1.807, 2.05) is 31.2 Å². The number of benzene rings is 1. The van der Waals surface area contributed by atoms with Crippen LogP contribution < -0.4 is 10.5 Å². The second-order valence-electron chi connectivity index (χ2n) is 8.03. The van der Waals surface area contributed by atoms with Crippen molar-refractivity contribution in [2.45, 2.75) is 39.3 Å². The number of nitrogens with two attached hydrogens (primary N) is 1. The minimum Gasteiger partial charge on any atom is -0.490 e. The lowest BCUT2D eigenvalue weighted by molar-refractivity contribution is 0.0817. The van der Waals surface area contributed by atoms with Gasteiger partial charge in [0.05, 0.1) is 22.8 Å². The summed E-state index contributed by atoms with van der Waals surface area (Å²) in [5.74, 6) is 1.07. The van der Waals surface area contributed by atoms with Crippen LogP contribution in [0.15, 0.2) is 30.5 Å². The molecule has 1 aliphatic rings. The maximum absolute atomic E-state index is 12.5. The molecule has 0 saturated carbocycles. The zero-order valence-electron chi connectivity index (χ0n) is 16.3. The fraction of sp³-hybridized carbons (Fsp3) is 0.429. The highest BCUT2D eigenvalue weighted by Crippen LogP contribution is 2.35. The lowest BCUT2D eigenvalue weighted by atomic mass is 9.93. The van der Waals surface area contributed by atoms with Crippen molar-refractivity contribution in [3.8, 4) is 16.9 Å². The Morgan fingerprint density at radius 3 is 2.78 bits per heavy atom. The molecule has 2 N–H and O–H groups in total. The van der Waals surface area contributed by atoms with Crippen molar-refractivity contribution in [2.75, 3.05) is 13.7 Å². The summed E-state index contributed by atoms with van der Waals surface area (Å²) in [6.45, 7) is 7.18. The summed E-state index contributed by atoms with van der Waals surface area (Å²) in [5.41, 5.74) is 9.04. The van der Waals surface area contributed by atoms with Crippen molar-refractivity contribution in [3.63, 3.8) is 0 Å². The van der Waals surface area contributed by atoms with E-state index in [0.717, 1.165) is 23.2 Å². The third kappa shape index (κ3) is 4.25. The molecule has 1 atom stereocenters. The van der Waals surface area contributed by atoms with Crippen LogP contribution in [0.1, 0.15) is 43.2 Å². The van der Waals surface area contributed by atoms with Gasteiger partial charge < -0.3 is 15.4 Å². The number of pyridine rings is 1. The second kappa shape index (κ2) is 7.49. The Kier molecular flexibility index (Phi) is 5.45. The van der Waals surface area contributed by atoms with Gasteiger partial charge in [0.2, 0.25) is 0 Å². The Balaban J connectivity index is 1.83. The smallest absolute Gasteiger partial charge is 0.256 e. The van der Waals surface area contributed by atoms with E-state index in [1.54, 1.807) is 18.1 Å². The minimum absolute atomic E-state index is 0.0165. The molecule has 2 aromatic rings. The standard InChI is InChI=1S/C21H26ClN3O2/c1-13(2)10-21(3,23)12-27-18-6-5-14(9-16(18)22)15-7-8-24-17-11-25(4)20(26)19(15)17/h5-9,13H,10-12,23H2,1-4H3. The van der Waals surface area contributed by atoms with Crippen molar-refractivity contribution < 1.29 is 9.53 Å². The summed E-state index contributed by atoms with van der Waals surface area (Å²) in [5, 5.41) is 0.497. The quantitative estimate of drug-likeness (QED) is 0.809. The Morgan fingerprint density at radius 1 is 1.37 bits per heavy atom. The van der Waals surface area contributed by atoms with Gasteiger partial charge in [-0.3, -0.25) is 9.78 Å². The number of aromatic nitrogens is 1. The summed E-state index contributed by atoms with van der Waals surface area (Å²) in [6.07, 6.45) is 2.59. The number of hydrogen-bond donors (Lipinski definition) is 1. The minimum atomic E-state index is -0.418. The molecule has 0 saturated heterocycles. The molecule has 0 fully saturated rings. The number of fused-ring (bicyclic) bond motifs is 1. The predicted octanol–water partition coefficient (Wildman–Crippen LogP) is 4.13. The lowest BCUT2D eigenvalue weighted by Crippen LogP contribution is -2.43. The Labute approximate surface area is 165 Å². The SMILES string of the molecule is CC(C)CC(C)(N)COc1ccc(-c2ccnc3c2C(=O)N(C)C3)cc1Cl. The number of nitrogens with zero attached hydrogens (tertiary/aromatic N) is 2. The number of halogens is 1. The molecule has 5 nitrogen and oxygen atoms in total. The molecular weight excluding hydrogens is 362 g/mol. The number of carbonyl (C=O) groups is 1. The maximum Gasteiger partial charge on any atom is 0.256 e. The van der Waals surface area contributed by atoms with Crippen molar-refractivity contribution in [2.24, 2.45) is 11.7 Å². The first kappa shape index (κ1) is 19.6. The highest BCUT2D eigenvalue weighted by molar-refractivity contribution is 6.32. The van der Waals surface area contributed by atoms with Crippen LogP contribution in [0.2, 0.25) is 5.02 Å². The molecule has 1 aromatic heterocycles. The Bertz CT molecular complexity index is 865. The molecule has 6 heteroatoms. The molecule has 0 aliphatic carbocycles. The average molecular weight is 388 g/mol. The normalized spacial score (nSPS) is 15.8.